The van der Waals surface area contributed by atoms with E-state index in [0.717, 1.165) is 6.07 Å². The first kappa shape index (κ1) is 13.6. The molecule has 0 saturated heterocycles. The summed E-state index contributed by atoms with van der Waals surface area (Å²) in [6.07, 6.45) is -1.48. The lowest BCUT2D eigenvalue weighted by atomic mass is 10.1. The predicted octanol–water partition coefficient (Wildman–Crippen LogP) is 1.30. The third-order valence-corrected chi connectivity index (χ3v) is 4.03. The molecule has 3 N–H and O–H groups in total. The van der Waals surface area contributed by atoms with Crippen LogP contribution >= 0.6 is 15.9 Å². The topological polar surface area (TPSA) is 80.4 Å². The lowest BCUT2D eigenvalue weighted by molar-refractivity contribution is 0.171. The zero-order chi connectivity index (χ0) is 12.5. The van der Waals surface area contributed by atoms with Crippen LogP contribution in [-0.2, 0) is 10.0 Å². The quantitative estimate of drug-likeness (QED) is 0.883. The average Bonchev–Trinajstić information content (AvgIpc) is 2.14. The summed E-state index contributed by atoms with van der Waals surface area (Å²) in [4.78, 5) is 0. The van der Waals surface area contributed by atoms with Gasteiger partial charge in [0.2, 0.25) is 10.0 Å². The summed E-state index contributed by atoms with van der Waals surface area (Å²) in [5.41, 5.74) is -0.0928. The van der Waals surface area contributed by atoms with Crippen LogP contribution in [-0.4, -0.2) is 18.8 Å². The minimum atomic E-state index is -3.91. The Balaban J connectivity index is 3.10. The zero-order valence-corrected chi connectivity index (χ0v) is 10.8. The van der Waals surface area contributed by atoms with Gasteiger partial charge in [-0.2, -0.15) is 0 Å². The second-order valence-corrected chi connectivity index (χ2v) is 6.24. The van der Waals surface area contributed by atoms with Crippen LogP contribution in [0.4, 0.5) is 4.39 Å². The summed E-state index contributed by atoms with van der Waals surface area (Å²) in [6.45, 7) is 1.22. The van der Waals surface area contributed by atoms with E-state index < -0.39 is 27.2 Å². The van der Waals surface area contributed by atoms with Gasteiger partial charge in [-0.25, -0.2) is 17.9 Å². The van der Waals surface area contributed by atoms with E-state index in [0.29, 0.717) is 4.47 Å². The average molecular weight is 312 g/mol. The Hall–Kier alpha value is -0.500. The van der Waals surface area contributed by atoms with E-state index in [-0.39, 0.29) is 5.56 Å². The van der Waals surface area contributed by atoms with Crippen LogP contribution in [0.15, 0.2) is 22.7 Å². The van der Waals surface area contributed by atoms with Crippen molar-refractivity contribution in [2.45, 2.75) is 18.3 Å². The molecule has 4 nitrogen and oxygen atoms in total. The van der Waals surface area contributed by atoms with Gasteiger partial charge in [-0.1, -0.05) is 22.0 Å². The summed E-state index contributed by atoms with van der Waals surface area (Å²) < 4.78 is 35.9. The summed E-state index contributed by atoms with van der Waals surface area (Å²) >= 11 is 3.06. The van der Waals surface area contributed by atoms with Crippen LogP contribution in [0.1, 0.15) is 18.6 Å². The molecule has 0 aliphatic heterocycles. The minimum Gasteiger partial charge on any atom is -0.387 e. The van der Waals surface area contributed by atoms with Crippen molar-refractivity contribution >= 4 is 26.0 Å². The molecular weight excluding hydrogens is 301 g/mol. The number of aliphatic hydroxyl groups excluding tert-OH is 1. The summed E-state index contributed by atoms with van der Waals surface area (Å²) in [6, 6.07) is 3.97. The molecule has 0 spiro atoms. The molecule has 90 valence electrons. The fourth-order valence-electron chi connectivity index (χ4n) is 1.17. The minimum absolute atomic E-state index is 0.0928. The van der Waals surface area contributed by atoms with Crippen molar-refractivity contribution < 1.29 is 17.9 Å². The van der Waals surface area contributed by atoms with Crippen molar-refractivity contribution in [1.29, 1.82) is 0 Å². The summed E-state index contributed by atoms with van der Waals surface area (Å²) in [5, 5.41) is 13.3. The van der Waals surface area contributed by atoms with E-state index in [2.05, 4.69) is 15.9 Å². The summed E-state index contributed by atoms with van der Waals surface area (Å²) in [5.74, 6) is -0.683. The van der Waals surface area contributed by atoms with Gasteiger partial charge < -0.3 is 5.11 Å². The van der Waals surface area contributed by atoms with Crippen molar-refractivity contribution in [3.63, 3.8) is 0 Å². The number of sulfonamides is 1. The molecule has 7 heteroatoms. The third-order valence-electron chi connectivity index (χ3n) is 2.24. The van der Waals surface area contributed by atoms with Gasteiger partial charge in [-0.3, -0.25) is 0 Å². The number of halogens is 2. The fraction of sp³-hybridized carbons (Fsp3) is 0.333. The molecule has 0 bridgehead atoms. The van der Waals surface area contributed by atoms with Crippen LogP contribution in [0, 0.1) is 5.82 Å². The highest BCUT2D eigenvalue weighted by atomic mass is 79.9. The third kappa shape index (κ3) is 3.00. The smallest absolute Gasteiger partial charge is 0.214 e. The number of benzene rings is 1. The Labute approximate surface area is 101 Å². The van der Waals surface area contributed by atoms with Gasteiger partial charge in [0.15, 0.2) is 0 Å². The van der Waals surface area contributed by atoms with Gasteiger partial charge in [-0.15, -0.1) is 0 Å². The number of aliphatic hydroxyl groups is 1. The standard InChI is InChI=1S/C9H11BrFNO3S/c1-5(16(12,14)15)9(13)7-3-2-6(10)4-8(7)11/h2-5,9,13H,1H3,(H2,12,14,15)/t5-,9-/m0/s1. The first-order valence-electron chi connectivity index (χ1n) is 4.38. The Kier molecular flexibility index (Phi) is 4.06. The highest BCUT2D eigenvalue weighted by molar-refractivity contribution is 9.10. The molecule has 0 aliphatic rings. The Bertz CT molecular complexity index is 492. The maximum absolute atomic E-state index is 13.4. The Morgan fingerprint density at radius 3 is 2.50 bits per heavy atom. The number of nitrogens with two attached hydrogens (primary N) is 1. The van der Waals surface area contributed by atoms with Crippen LogP contribution in [0.5, 0.6) is 0 Å². The molecule has 0 aliphatic carbocycles. The molecule has 2 atom stereocenters. The van der Waals surface area contributed by atoms with Gasteiger partial charge in [0, 0.05) is 10.0 Å². The largest absolute Gasteiger partial charge is 0.387 e. The summed E-state index contributed by atoms with van der Waals surface area (Å²) in [7, 11) is -3.91. The van der Waals surface area contributed by atoms with Gasteiger partial charge in [0.05, 0.1) is 6.10 Å². The number of hydrogen-bond acceptors (Lipinski definition) is 3. The molecule has 0 unspecified atom stereocenters. The molecule has 1 rings (SSSR count). The zero-order valence-electron chi connectivity index (χ0n) is 8.39. The second kappa shape index (κ2) is 4.79. The van der Waals surface area contributed by atoms with Crippen molar-refractivity contribution in [2.24, 2.45) is 5.14 Å². The van der Waals surface area contributed by atoms with E-state index in [1.807, 2.05) is 0 Å². The van der Waals surface area contributed by atoms with E-state index in [1.54, 1.807) is 0 Å². The van der Waals surface area contributed by atoms with Crippen molar-refractivity contribution in [3.05, 3.63) is 34.1 Å². The van der Waals surface area contributed by atoms with Gasteiger partial charge >= 0.3 is 0 Å². The monoisotopic (exact) mass is 311 g/mol. The number of rotatable bonds is 3. The lowest BCUT2D eigenvalue weighted by Crippen LogP contribution is -2.31. The SMILES string of the molecule is C[C@@H]([C@H](O)c1ccc(Br)cc1F)S(N)(=O)=O. The normalized spacial score (nSPS) is 15.8. The predicted molar refractivity (Wildman–Crippen MR) is 61.6 cm³/mol. The maximum atomic E-state index is 13.4. The highest BCUT2D eigenvalue weighted by Crippen LogP contribution is 2.25. The molecular formula is C9H11BrFNO3S. The van der Waals surface area contributed by atoms with E-state index in [9.17, 15) is 17.9 Å². The maximum Gasteiger partial charge on any atom is 0.214 e. The molecule has 1 aromatic carbocycles. The molecule has 1 aromatic rings. The first-order chi connectivity index (χ1) is 7.23. The van der Waals surface area contributed by atoms with Crippen LogP contribution in [0.3, 0.4) is 0 Å². The fourth-order valence-corrected chi connectivity index (χ4v) is 2.01. The Morgan fingerprint density at radius 2 is 2.06 bits per heavy atom. The van der Waals surface area contributed by atoms with Gasteiger partial charge in [0.25, 0.3) is 0 Å². The Morgan fingerprint density at radius 1 is 1.50 bits per heavy atom. The van der Waals surface area contributed by atoms with E-state index >= 15 is 0 Å². The molecule has 0 radical (unpaired) electrons. The first-order valence-corrected chi connectivity index (χ1v) is 6.78. The van der Waals surface area contributed by atoms with Crippen molar-refractivity contribution in [3.8, 4) is 0 Å². The van der Waals surface area contributed by atoms with Crippen molar-refractivity contribution in [1.82, 2.24) is 0 Å². The number of hydrogen-bond donors (Lipinski definition) is 2. The van der Waals surface area contributed by atoms with Gasteiger partial charge in [0.1, 0.15) is 11.1 Å². The van der Waals surface area contributed by atoms with Crippen molar-refractivity contribution in [2.75, 3.05) is 0 Å². The van der Waals surface area contributed by atoms with Crippen LogP contribution < -0.4 is 5.14 Å². The molecule has 0 heterocycles. The highest BCUT2D eigenvalue weighted by Gasteiger charge is 2.28. The molecule has 0 amide bonds. The molecule has 0 saturated carbocycles. The lowest BCUT2D eigenvalue weighted by Gasteiger charge is -2.17. The number of primary sulfonamides is 1. The van der Waals surface area contributed by atoms with E-state index in [1.165, 1.54) is 19.1 Å². The van der Waals surface area contributed by atoms with Gasteiger partial charge in [-0.05, 0) is 19.1 Å². The molecule has 0 aromatic heterocycles. The molecule has 0 fully saturated rings. The second-order valence-electron chi connectivity index (χ2n) is 3.40. The van der Waals surface area contributed by atoms with Crippen LogP contribution in [0.25, 0.3) is 0 Å². The van der Waals surface area contributed by atoms with Crippen LogP contribution in [0.2, 0.25) is 0 Å². The molecule has 16 heavy (non-hydrogen) atoms. The van der Waals surface area contributed by atoms with E-state index in [4.69, 9.17) is 5.14 Å².